The van der Waals surface area contributed by atoms with Gasteiger partial charge in [-0.1, -0.05) is 38.1 Å². The second kappa shape index (κ2) is 14.1. The van der Waals surface area contributed by atoms with E-state index in [2.05, 4.69) is 51.5 Å². The predicted octanol–water partition coefficient (Wildman–Crippen LogP) is 5.09. The summed E-state index contributed by atoms with van der Waals surface area (Å²) in [5.74, 6) is 2.14. The fourth-order valence-corrected chi connectivity index (χ4v) is 5.54. The highest BCUT2D eigenvalue weighted by molar-refractivity contribution is 5.96. The predicted molar refractivity (Wildman–Crippen MR) is 163 cm³/mol. The number of allylic oxidation sites excluding steroid dienone is 2. The van der Waals surface area contributed by atoms with E-state index in [4.69, 9.17) is 9.47 Å². The average Bonchev–Trinajstić information content (AvgIpc) is 3.66. The zero-order valence-electron chi connectivity index (χ0n) is 24.3. The van der Waals surface area contributed by atoms with Crippen LogP contribution in [0.1, 0.15) is 37.0 Å². The Morgan fingerprint density at radius 1 is 0.929 bits per heavy atom. The first-order chi connectivity index (χ1) is 20.5. The molecule has 3 aromatic rings. The molecule has 2 bridgehead atoms. The lowest BCUT2D eigenvalue weighted by atomic mass is 9.95. The lowest BCUT2D eigenvalue weighted by Crippen LogP contribution is -2.31. The van der Waals surface area contributed by atoms with Gasteiger partial charge in [-0.3, -0.25) is 9.59 Å². The SMILES string of the molecule is CCN(CC)CCOc1ccc(Nc2ncc(-c3ccc(C(=O)NCC(=O)OCC4CC5C=CC4C5)cc3)cn2)cc1. The Balaban J connectivity index is 1.05. The van der Waals surface area contributed by atoms with Crippen molar-refractivity contribution in [3.8, 4) is 16.9 Å². The van der Waals surface area contributed by atoms with Gasteiger partial charge in [-0.05, 0) is 85.6 Å². The van der Waals surface area contributed by atoms with E-state index in [9.17, 15) is 9.59 Å². The van der Waals surface area contributed by atoms with Gasteiger partial charge in [-0.15, -0.1) is 0 Å². The van der Waals surface area contributed by atoms with Gasteiger partial charge < -0.3 is 25.0 Å². The minimum atomic E-state index is -0.410. The van der Waals surface area contributed by atoms with Gasteiger partial charge in [0.2, 0.25) is 5.95 Å². The summed E-state index contributed by atoms with van der Waals surface area (Å²) in [5.41, 5.74) is 3.03. The number of hydrogen-bond donors (Lipinski definition) is 2. The molecule has 1 saturated carbocycles. The molecule has 2 aliphatic carbocycles. The number of rotatable bonds is 14. The van der Waals surface area contributed by atoms with E-state index >= 15 is 0 Å². The van der Waals surface area contributed by atoms with Crippen LogP contribution in [0.25, 0.3) is 11.1 Å². The monoisotopic (exact) mass is 569 g/mol. The van der Waals surface area contributed by atoms with Crippen LogP contribution in [0, 0.1) is 17.8 Å². The van der Waals surface area contributed by atoms with Gasteiger partial charge in [0.25, 0.3) is 5.91 Å². The minimum absolute atomic E-state index is 0.147. The Morgan fingerprint density at radius 3 is 2.31 bits per heavy atom. The smallest absolute Gasteiger partial charge is 0.325 e. The number of esters is 1. The fourth-order valence-electron chi connectivity index (χ4n) is 5.54. The highest BCUT2D eigenvalue weighted by Crippen LogP contribution is 2.43. The van der Waals surface area contributed by atoms with Crippen molar-refractivity contribution in [1.82, 2.24) is 20.2 Å². The largest absolute Gasteiger partial charge is 0.492 e. The van der Waals surface area contributed by atoms with Crippen molar-refractivity contribution in [2.75, 3.05) is 44.7 Å². The molecule has 3 atom stereocenters. The molecule has 9 heteroatoms. The third-order valence-electron chi connectivity index (χ3n) is 8.08. The van der Waals surface area contributed by atoms with Crippen LogP contribution in [-0.2, 0) is 9.53 Å². The van der Waals surface area contributed by atoms with Gasteiger partial charge in [0.05, 0.1) is 6.61 Å². The number of carbonyl (C=O) groups is 2. The van der Waals surface area contributed by atoms with Crippen LogP contribution < -0.4 is 15.4 Å². The number of amides is 1. The molecule has 2 aromatic carbocycles. The second-order valence-electron chi connectivity index (χ2n) is 10.8. The van der Waals surface area contributed by atoms with E-state index in [1.807, 2.05) is 36.4 Å². The summed E-state index contributed by atoms with van der Waals surface area (Å²) >= 11 is 0. The van der Waals surface area contributed by atoms with Crippen LogP contribution in [0.2, 0.25) is 0 Å². The fraction of sp³-hybridized carbons (Fsp3) is 0.394. The first kappa shape index (κ1) is 29.3. The van der Waals surface area contributed by atoms with Crippen molar-refractivity contribution >= 4 is 23.5 Å². The Morgan fingerprint density at radius 2 is 1.67 bits per heavy atom. The van der Waals surface area contributed by atoms with Gasteiger partial charge in [0, 0.05) is 35.8 Å². The number of likely N-dealkylation sites (N-methyl/N-ethyl adjacent to an activating group) is 1. The molecule has 3 unspecified atom stereocenters. The molecule has 42 heavy (non-hydrogen) atoms. The summed E-state index contributed by atoms with van der Waals surface area (Å²) in [6, 6.07) is 14.8. The number of anilines is 2. The molecule has 1 heterocycles. The number of nitrogens with zero attached hydrogens (tertiary/aromatic N) is 3. The van der Waals surface area contributed by atoms with Crippen molar-refractivity contribution in [3.05, 3.63) is 78.6 Å². The van der Waals surface area contributed by atoms with E-state index in [1.54, 1.807) is 24.5 Å². The Hall–Kier alpha value is -4.24. The third-order valence-corrected chi connectivity index (χ3v) is 8.08. The van der Waals surface area contributed by atoms with Crippen LogP contribution in [0.4, 0.5) is 11.6 Å². The van der Waals surface area contributed by atoms with Gasteiger partial charge in [0.1, 0.15) is 18.9 Å². The third kappa shape index (κ3) is 7.73. The van der Waals surface area contributed by atoms with Crippen LogP contribution in [-0.4, -0.2) is 66.1 Å². The number of nitrogens with one attached hydrogen (secondary N) is 2. The number of aromatic nitrogens is 2. The summed E-state index contributed by atoms with van der Waals surface area (Å²) in [4.78, 5) is 35.9. The maximum absolute atomic E-state index is 12.5. The number of fused-ring (bicyclic) bond motifs is 2. The molecule has 2 N–H and O–H groups in total. The Bertz CT molecular complexity index is 1350. The lowest BCUT2D eigenvalue weighted by molar-refractivity contribution is -0.144. The molecule has 220 valence electrons. The van der Waals surface area contributed by atoms with E-state index < -0.39 is 5.97 Å². The van der Waals surface area contributed by atoms with Crippen molar-refractivity contribution in [3.63, 3.8) is 0 Å². The molecular weight excluding hydrogens is 530 g/mol. The molecule has 1 amide bonds. The number of benzene rings is 2. The van der Waals surface area contributed by atoms with Crippen LogP contribution >= 0.6 is 0 Å². The zero-order valence-corrected chi connectivity index (χ0v) is 24.3. The lowest BCUT2D eigenvalue weighted by Gasteiger charge is -2.18. The minimum Gasteiger partial charge on any atom is -0.492 e. The van der Waals surface area contributed by atoms with E-state index in [0.29, 0.717) is 42.5 Å². The standard InChI is InChI=1S/C33H39N5O4/c1-3-38(4-2)15-16-41-30-13-11-29(12-14-30)37-33-35-19-28(20-36-33)24-7-9-25(10-8-24)32(40)34-21-31(39)42-22-27-18-23-5-6-26(27)17-23/h5-14,19-20,23,26-27H,3-4,15-18,21-22H2,1-2H3,(H,34,40)(H,35,36,37). The Labute approximate surface area is 247 Å². The quantitative estimate of drug-likeness (QED) is 0.204. The number of carbonyl (C=O) groups excluding carboxylic acids is 2. The van der Waals surface area contributed by atoms with Gasteiger partial charge >= 0.3 is 5.97 Å². The van der Waals surface area contributed by atoms with Crippen molar-refractivity contribution in [1.29, 1.82) is 0 Å². The summed E-state index contributed by atoms with van der Waals surface area (Å²) in [6.07, 6.45) is 10.2. The van der Waals surface area contributed by atoms with E-state index in [0.717, 1.165) is 48.6 Å². The first-order valence-electron chi connectivity index (χ1n) is 14.8. The number of hydrogen-bond acceptors (Lipinski definition) is 8. The maximum Gasteiger partial charge on any atom is 0.325 e. The molecule has 0 spiro atoms. The van der Waals surface area contributed by atoms with Crippen LogP contribution in [0.15, 0.2) is 73.1 Å². The molecule has 1 fully saturated rings. The molecule has 5 rings (SSSR count). The molecule has 0 saturated heterocycles. The molecule has 0 radical (unpaired) electrons. The highest BCUT2D eigenvalue weighted by atomic mass is 16.5. The zero-order chi connectivity index (χ0) is 29.3. The van der Waals surface area contributed by atoms with Gasteiger partial charge in [-0.2, -0.15) is 0 Å². The molecular formula is C33H39N5O4. The molecule has 9 nitrogen and oxygen atoms in total. The normalized spacial score (nSPS) is 18.7. The second-order valence-corrected chi connectivity index (χ2v) is 10.8. The summed E-state index contributed by atoms with van der Waals surface area (Å²) in [6.45, 7) is 8.16. The van der Waals surface area contributed by atoms with Crippen LogP contribution in [0.3, 0.4) is 0 Å². The van der Waals surface area contributed by atoms with Crippen LogP contribution in [0.5, 0.6) is 5.75 Å². The molecule has 2 aliphatic rings. The summed E-state index contributed by atoms with van der Waals surface area (Å²) in [7, 11) is 0. The summed E-state index contributed by atoms with van der Waals surface area (Å²) in [5, 5.41) is 5.85. The van der Waals surface area contributed by atoms with Crippen molar-refractivity contribution < 1.29 is 19.1 Å². The molecule has 0 aliphatic heterocycles. The van der Waals surface area contributed by atoms with Gasteiger partial charge in [0.15, 0.2) is 0 Å². The summed E-state index contributed by atoms with van der Waals surface area (Å²) < 4.78 is 11.3. The Kier molecular flexibility index (Phi) is 9.82. The first-order valence-corrected chi connectivity index (χ1v) is 14.8. The topological polar surface area (TPSA) is 106 Å². The maximum atomic E-state index is 12.5. The number of ether oxygens (including phenoxy) is 2. The van der Waals surface area contributed by atoms with Crippen molar-refractivity contribution in [2.24, 2.45) is 17.8 Å². The van der Waals surface area contributed by atoms with E-state index in [-0.39, 0.29) is 12.5 Å². The highest BCUT2D eigenvalue weighted by Gasteiger charge is 2.36. The average molecular weight is 570 g/mol. The molecule has 1 aromatic heterocycles. The van der Waals surface area contributed by atoms with E-state index in [1.165, 1.54) is 6.42 Å². The van der Waals surface area contributed by atoms with Crippen molar-refractivity contribution in [2.45, 2.75) is 26.7 Å². The van der Waals surface area contributed by atoms with Gasteiger partial charge in [-0.25, -0.2) is 9.97 Å².